The normalized spacial score (nSPS) is 15.4. The average molecular weight is 518 g/mol. The number of hydrogen-bond donors (Lipinski definition) is 2. The molecule has 2 rings (SSSR count). The maximum atomic E-state index is 5.46. The Hall–Kier alpha value is -0.900. The van der Waals surface area contributed by atoms with Gasteiger partial charge >= 0.3 is 0 Å². The molecule has 1 fully saturated rings. The second-order valence-electron chi connectivity index (χ2n) is 7.79. The van der Waals surface area contributed by atoms with Crippen molar-refractivity contribution < 1.29 is 4.74 Å². The lowest BCUT2D eigenvalue weighted by molar-refractivity contribution is 0.0341. The number of rotatable bonds is 10. The summed E-state index contributed by atoms with van der Waals surface area (Å²) in [4.78, 5) is 9.22. The molecule has 0 unspecified atom stereocenters. The molecule has 0 radical (unpaired) electrons. The van der Waals surface area contributed by atoms with Crippen LogP contribution < -0.4 is 10.6 Å². The lowest BCUT2D eigenvalue weighted by Gasteiger charge is -2.27. The van der Waals surface area contributed by atoms with Crippen molar-refractivity contribution in [3.05, 3.63) is 35.4 Å². The summed E-state index contributed by atoms with van der Waals surface area (Å²) in [5.74, 6) is 0.874. The monoisotopic (exact) mass is 517 g/mol. The van der Waals surface area contributed by atoms with Crippen LogP contribution in [0.4, 0.5) is 0 Å². The van der Waals surface area contributed by atoms with Gasteiger partial charge in [0.1, 0.15) is 0 Å². The molecule has 0 aliphatic carbocycles. The summed E-state index contributed by atoms with van der Waals surface area (Å²) in [5.41, 5.74) is 2.71. The highest BCUT2D eigenvalue weighted by atomic mass is 127. The fourth-order valence-corrected chi connectivity index (χ4v) is 3.24. The second kappa shape index (κ2) is 15.0. The van der Waals surface area contributed by atoms with Crippen molar-refractivity contribution in [3.63, 3.8) is 0 Å². The van der Waals surface area contributed by atoms with Crippen LogP contribution in [-0.4, -0.2) is 75.3 Å². The number of ether oxygens (including phenoxy) is 1. The molecule has 1 aliphatic heterocycles. The zero-order valence-electron chi connectivity index (χ0n) is 18.6. The molecule has 7 heteroatoms. The Morgan fingerprint density at radius 3 is 2.48 bits per heavy atom. The zero-order valence-corrected chi connectivity index (χ0v) is 20.9. The van der Waals surface area contributed by atoms with Crippen molar-refractivity contribution in [2.45, 2.75) is 45.8 Å². The highest BCUT2D eigenvalue weighted by molar-refractivity contribution is 14.0. The predicted molar refractivity (Wildman–Crippen MR) is 133 cm³/mol. The maximum absolute atomic E-state index is 5.46. The molecule has 2 N–H and O–H groups in total. The third kappa shape index (κ3) is 10.1. The Bertz CT molecular complexity index is 590. The molecule has 0 atom stereocenters. The molecule has 166 valence electrons. The van der Waals surface area contributed by atoms with Gasteiger partial charge in [0.25, 0.3) is 0 Å². The van der Waals surface area contributed by atoms with Gasteiger partial charge in [-0.05, 0) is 51.4 Å². The summed E-state index contributed by atoms with van der Waals surface area (Å²) in [6.45, 7) is 12.0. The SMILES string of the molecule is CN=C(NCCCCN(C)C(C)C)NCc1ccccc1CN1CCOCC1.I. The third-order valence-corrected chi connectivity index (χ3v) is 5.40. The van der Waals surface area contributed by atoms with Crippen molar-refractivity contribution in [1.29, 1.82) is 0 Å². The highest BCUT2D eigenvalue weighted by Gasteiger charge is 2.12. The highest BCUT2D eigenvalue weighted by Crippen LogP contribution is 2.13. The Labute approximate surface area is 194 Å². The minimum Gasteiger partial charge on any atom is -0.379 e. The van der Waals surface area contributed by atoms with E-state index in [1.165, 1.54) is 17.5 Å². The van der Waals surface area contributed by atoms with E-state index in [4.69, 9.17) is 4.74 Å². The van der Waals surface area contributed by atoms with Gasteiger partial charge < -0.3 is 20.3 Å². The molecule has 1 heterocycles. The molecule has 29 heavy (non-hydrogen) atoms. The molecule has 1 aromatic carbocycles. The third-order valence-electron chi connectivity index (χ3n) is 5.40. The van der Waals surface area contributed by atoms with Gasteiger partial charge in [-0.15, -0.1) is 24.0 Å². The molecule has 1 aliphatic rings. The van der Waals surface area contributed by atoms with Crippen molar-refractivity contribution >= 4 is 29.9 Å². The number of aliphatic imine (C=N–C) groups is 1. The summed E-state index contributed by atoms with van der Waals surface area (Å²) in [5, 5.41) is 6.90. The Kier molecular flexibility index (Phi) is 13.5. The van der Waals surface area contributed by atoms with Gasteiger partial charge in [0.05, 0.1) is 13.2 Å². The number of morpholine rings is 1. The van der Waals surface area contributed by atoms with Gasteiger partial charge in [-0.1, -0.05) is 24.3 Å². The first-order chi connectivity index (χ1) is 13.6. The first-order valence-corrected chi connectivity index (χ1v) is 10.6. The van der Waals surface area contributed by atoms with Gasteiger partial charge in [0, 0.05) is 45.8 Å². The first-order valence-electron chi connectivity index (χ1n) is 10.6. The quantitative estimate of drug-likeness (QED) is 0.217. The Balaban J connectivity index is 0.00000420. The van der Waals surface area contributed by atoms with Crippen LogP contribution in [0.3, 0.4) is 0 Å². The number of benzene rings is 1. The van der Waals surface area contributed by atoms with E-state index in [1.807, 2.05) is 7.05 Å². The largest absolute Gasteiger partial charge is 0.379 e. The summed E-state index contributed by atoms with van der Waals surface area (Å²) < 4.78 is 5.46. The van der Waals surface area contributed by atoms with E-state index in [0.29, 0.717) is 6.04 Å². The molecule has 6 nitrogen and oxygen atoms in total. The molecule has 0 aromatic heterocycles. The van der Waals surface area contributed by atoms with Crippen LogP contribution in [0.15, 0.2) is 29.3 Å². The summed E-state index contributed by atoms with van der Waals surface area (Å²) in [7, 11) is 4.02. The number of hydrogen-bond acceptors (Lipinski definition) is 4. The Morgan fingerprint density at radius 2 is 1.83 bits per heavy atom. The Morgan fingerprint density at radius 1 is 1.14 bits per heavy atom. The number of unbranched alkanes of at least 4 members (excludes halogenated alkanes) is 1. The van der Waals surface area contributed by atoms with Crippen LogP contribution in [0, 0.1) is 0 Å². The van der Waals surface area contributed by atoms with E-state index >= 15 is 0 Å². The van der Waals surface area contributed by atoms with Gasteiger partial charge in [-0.25, -0.2) is 0 Å². The molecule has 0 saturated carbocycles. The van der Waals surface area contributed by atoms with E-state index in [-0.39, 0.29) is 24.0 Å². The predicted octanol–water partition coefficient (Wildman–Crippen LogP) is 2.92. The number of nitrogens with one attached hydrogen (secondary N) is 2. The van der Waals surface area contributed by atoms with Crippen molar-refractivity contribution in [2.75, 3.05) is 53.5 Å². The van der Waals surface area contributed by atoms with Gasteiger partial charge in [0.15, 0.2) is 5.96 Å². The van der Waals surface area contributed by atoms with Crippen molar-refractivity contribution in [1.82, 2.24) is 20.4 Å². The van der Waals surface area contributed by atoms with Crippen LogP contribution in [0.2, 0.25) is 0 Å². The van der Waals surface area contributed by atoms with E-state index in [2.05, 4.69) is 70.6 Å². The molecular weight excluding hydrogens is 477 g/mol. The first kappa shape index (κ1) is 26.1. The second-order valence-corrected chi connectivity index (χ2v) is 7.79. The molecule has 1 saturated heterocycles. The molecule has 0 amide bonds. The van der Waals surface area contributed by atoms with E-state index in [1.54, 1.807) is 0 Å². The lowest BCUT2D eigenvalue weighted by atomic mass is 10.1. The average Bonchev–Trinajstić information content (AvgIpc) is 2.71. The molecule has 0 spiro atoms. The van der Waals surface area contributed by atoms with E-state index in [0.717, 1.165) is 64.9 Å². The van der Waals surface area contributed by atoms with Gasteiger partial charge in [0.2, 0.25) is 0 Å². The lowest BCUT2D eigenvalue weighted by Crippen LogP contribution is -2.38. The molecule has 1 aromatic rings. The number of halogens is 1. The smallest absolute Gasteiger partial charge is 0.191 e. The van der Waals surface area contributed by atoms with Crippen molar-refractivity contribution in [3.8, 4) is 0 Å². The fourth-order valence-electron chi connectivity index (χ4n) is 3.24. The standard InChI is InChI=1S/C22H39N5O.HI/c1-19(2)26(4)12-8-7-11-24-22(23-3)25-17-20-9-5-6-10-21(20)18-27-13-15-28-16-14-27;/h5-6,9-10,19H,7-8,11-18H2,1-4H3,(H2,23,24,25);1H. The number of nitrogens with zero attached hydrogens (tertiary/aromatic N) is 3. The van der Waals surface area contributed by atoms with Gasteiger partial charge in [-0.3, -0.25) is 9.89 Å². The van der Waals surface area contributed by atoms with Crippen LogP contribution >= 0.6 is 24.0 Å². The number of guanidine groups is 1. The summed E-state index contributed by atoms with van der Waals surface area (Å²) >= 11 is 0. The summed E-state index contributed by atoms with van der Waals surface area (Å²) in [6, 6.07) is 9.29. The molecule has 0 bridgehead atoms. The zero-order chi connectivity index (χ0) is 20.2. The summed E-state index contributed by atoms with van der Waals surface area (Å²) in [6.07, 6.45) is 2.34. The van der Waals surface area contributed by atoms with Crippen molar-refractivity contribution in [2.24, 2.45) is 4.99 Å². The fraction of sp³-hybridized carbons (Fsp3) is 0.682. The van der Waals surface area contributed by atoms with Crippen LogP contribution in [0.5, 0.6) is 0 Å². The minimum absolute atomic E-state index is 0. The van der Waals surface area contributed by atoms with Crippen LogP contribution in [0.1, 0.15) is 37.8 Å². The maximum Gasteiger partial charge on any atom is 0.191 e. The van der Waals surface area contributed by atoms with Gasteiger partial charge in [-0.2, -0.15) is 0 Å². The topological polar surface area (TPSA) is 52.1 Å². The van der Waals surface area contributed by atoms with Crippen LogP contribution in [-0.2, 0) is 17.8 Å². The van der Waals surface area contributed by atoms with E-state index in [9.17, 15) is 0 Å². The molecular formula is C22H40IN5O. The van der Waals surface area contributed by atoms with E-state index < -0.39 is 0 Å². The van der Waals surface area contributed by atoms with Crippen LogP contribution in [0.25, 0.3) is 0 Å². The minimum atomic E-state index is 0.